The molecule has 64 valence electrons. The fourth-order valence-electron chi connectivity index (χ4n) is 1.16. The SMILES string of the molecule is CC(C)=C1CC(F)(F)CCN1. The molecule has 0 amide bonds. The Morgan fingerprint density at radius 1 is 1.45 bits per heavy atom. The van der Waals surface area contributed by atoms with Crippen molar-refractivity contribution in [3.8, 4) is 0 Å². The van der Waals surface area contributed by atoms with Gasteiger partial charge in [-0.25, -0.2) is 8.78 Å². The van der Waals surface area contributed by atoms with Crippen molar-refractivity contribution in [2.75, 3.05) is 6.54 Å². The van der Waals surface area contributed by atoms with E-state index in [2.05, 4.69) is 5.32 Å². The van der Waals surface area contributed by atoms with Gasteiger partial charge in [0.2, 0.25) is 0 Å². The van der Waals surface area contributed by atoms with Gasteiger partial charge in [-0.15, -0.1) is 0 Å². The minimum atomic E-state index is -2.49. The highest BCUT2D eigenvalue weighted by Crippen LogP contribution is 2.30. The van der Waals surface area contributed by atoms with Crippen LogP contribution in [0.5, 0.6) is 0 Å². The van der Waals surface area contributed by atoms with Gasteiger partial charge in [0.15, 0.2) is 0 Å². The third-order valence-corrected chi connectivity index (χ3v) is 1.87. The van der Waals surface area contributed by atoms with Crippen LogP contribution in [0.1, 0.15) is 26.7 Å². The molecule has 1 N–H and O–H groups in total. The second-order valence-corrected chi connectivity index (χ2v) is 3.19. The second-order valence-electron chi connectivity index (χ2n) is 3.19. The molecule has 1 aliphatic rings. The van der Waals surface area contributed by atoms with Gasteiger partial charge < -0.3 is 5.32 Å². The van der Waals surface area contributed by atoms with Crippen molar-refractivity contribution in [1.82, 2.24) is 5.32 Å². The van der Waals surface area contributed by atoms with Crippen LogP contribution in [0.15, 0.2) is 11.3 Å². The molecule has 0 bridgehead atoms. The zero-order valence-electron chi connectivity index (χ0n) is 6.88. The van der Waals surface area contributed by atoms with E-state index < -0.39 is 5.92 Å². The first-order valence-electron chi connectivity index (χ1n) is 3.79. The third kappa shape index (κ3) is 2.17. The summed E-state index contributed by atoms with van der Waals surface area (Å²) in [5, 5.41) is 2.97. The van der Waals surface area contributed by atoms with Crippen molar-refractivity contribution >= 4 is 0 Å². The summed E-state index contributed by atoms with van der Waals surface area (Å²) in [5.41, 5.74) is 1.67. The van der Waals surface area contributed by atoms with E-state index in [1.54, 1.807) is 0 Å². The maximum atomic E-state index is 12.7. The average molecular weight is 161 g/mol. The van der Waals surface area contributed by atoms with E-state index in [4.69, 9.17) is 0 Å². The lowest BCUT2D eigenvalue weighted by Gasteiger charge is -2.26. The van der Waals surface area contributed by atoms with E-state index >= 15 is 0 Å². The number of rotatable bonds is 0. The first kappa shape index (κ1) is 8.50. The first-order valence-corrected chi connectivity index (χ1v) is 3.79. The Balaban J connectivity index is 2.68. The van der Waals surface area contributed by atoms with Gasteiger partial charge in [-0.1, -0.05) is 5.57 Å². The number of alkyl halides is 2. The molecule has 0 atom stereocenters. The molecule has 1 rings (SSSR count). The predicted molar refractivity (Wildman–Crippen MR) is 40.6 cm³/mol. The van der Waals surface area contributed by atoms with E-state index in [-0.39, 0.29) is 12.8 Å². The average Bonchev–Trinajstić information content (AvgIpc) is 1.85. The van der Waals surface area contributed by atoms with Gasteiger partial charge in [0.1, 0.15) is 0 Å². The highest BCUT2D eigenvalue weighted by molar-refractivity contribution is 5.12. The fourth-order valence-corrected chi connectivity index (χ4v) is 1.16. The Labute approximate surface area is 65.5 Å². The van der Waals surface area contributed by atoms with E-state index in [0.717, 1.165) is 5.57 Å². The van der Waals surface area contributed by atoms with Gasteiger partial charge >= 0.3 is 0 Å². The number of piperidine rings is 1. The standard InChI is InChI=1S/C8H13F2N/c1-6(2)7-5-8(9,10)3-4-11-7/h11H,3-5H2,1-2H3. The molecule has 0 aromatic carbocycles. The Morgan fingerprint density at radius 2 is 2.09 bits per heavy atom. The minimum absolute atomic E-state index is 0.0379. The van der Waals surface area contributed by atoms with Crippen molar-refractivity contribution in [3.63, 3.8) is 0 Å². The fraction of sp³-hybridized carbons (Fsp3) is 0.750. The Morgan fingerprint density at radius 3 is 2.45 bits per heavy atom. The summed E-state index contributed by atoms with van der Waals surface area (Å²) in [5.74, 6) is -2.49. The van der Waals surface area contributed by atoms with Crippen molar-refractivity contribution in [2.24, 2.45) is 0 Å². The molecule has 0 aromatic rings. The Hall–Kier alpha value is -0.600. The van der Waals surface area contributed by atoms with Crippen molar-refractivity contribution in [3.05, 3.63) is 11.3 Å². The molecule has 0 radical (unpaired) electrons. The van der Waals surface area contributed by atoms with E-state index in [9.17, 15) is 8.78 Å². The van der Waals surface area contributed by atoms with Crippen LogP contribution in [0.4, 0.5) is 8.78 Å². The smallest absolute Gasteiger partial charge is 0.255 e. The van der Waals surface area contributed by atoms with Gasteiger partial charge in [0.25, 0.3) is 5.92 Å². The van der Waals surface area contributed by atoms with Crippen LogP contribution in [0, 0.1) is 0 Å². The summed E-state index contributed by atoms with van der Waals surface area (Å²) in [6.45, 7) is 4.10. The summed E-state index contributed by atoms with van der Waals surface area (Å²) >= 11 is 0. The molecular weight excluding hydrogens is 148 g/mol. The lowest BCUT2D eigenvalue weighted by molar-refractivity contribution is -0.0175. The van der Waals surface area contributed by atoms with Crippen LogP contribution in [0.2, 0.25) is 0 Å². The largest absolute Gasteiger partial charge is 0.388 e. The summed E-state index contributed by atoms with van der Waals surface area (Å²) in [4.78, 5) is 0. The summed E-state index contributed by atoms with van der Waals surface area (Å²) in [6.07, 6.45) is -0.154. The van der Waals surface area contributed by atoms with Gasteiger partial charge in [-0.05, 0) is 13.8 Å². The predicted octanol–water partition coefficient (Wildman–Crippen LogP) is 2.30. The third-order valence-electron chi connectivity index (χ3n) is 1.87. The number of nitrogens with one attached hydrogen (secondary N) is 1. The molecule has 0 saturated carbocycles. The second kappa shape index (κ2) is 2.80. The molecule has 0 aromatic heterocycles. The summed E-state index contributed by atoms with van der Waals surface area (Å²) < 4.78 is 25.5. The number of hydrogen-bond acceptors (Lipinski definition) is 1. The van der Waals surface area contributed by atoms with Crippen LogP contribution in [0.3, 0.4) is 0 Å². The molecule has 3 heteroatoms. The molecular formula is C8H13F2N. The van der Waals surface area contributed by atoms with Gasteiger partial charge in [-0.2, -0.15) is 0 Å². The molecule has 1 nitrogen and oxygen atoms in total. The normalized spacial score (nSPS) is 22.7. The molecule has 0 spiro atoms. The van der Waals surface area contributed by atoms with Crippen LogP contribution in [-0.4, -0.2) is 12.5 Å². The molecule has 0 aliphatic carbocycles. The van der Waals surface area contributed by atoms with Gasteiger partial charge in [0.05, 0.1) is 6.42 Å². The first-order chi connectivity index (χ1) is 5.01. The molecule has 1 heterocycles. The summed E-state index contributed by atoms with van der Waals surface area (Å²) in [6, 6.07) is 0. The van der Waals surface area contributed by atoms with Gasteiger partial charge in [-0.3, -0.25) is 0 Å². The molecule has 1 saturated heterocycles. The Bertz CT molecular complexity index is 181. The van der Waals surface area contributed by atoms with Crippen LogP contribution >= 0.6 is 0 Å². The highest BCUT2D eigenvalue weighted by Gasteiger charge is 2.33. The number of allylic oxidation sites excluding steroid dienone is 2. The molecule has 1 fully saturated rings. The minimum Gasteiger partial charge on any atom is -0.388 e. The van der Waals surface area contributed by atoms with Crippen LogP contribution in [0.25, 0.3) is 0 Å². The van der Waals surface area contributed by atoms with Crippen LogP contribution in [-0.2, 0) is 0 Å². The molecule has 0 unspecified atom stereocenters. The zero-order chi connectivity index (χ0) is 8.48. The van der Waals surface area contributed by atoms with E-state index in [1.807, 2.05) is 13.8 Å². The van der Waals surface area contributed by atoms with Crippen molar-refractivity contribution < 1.29 is 8.78 Å². The number of halogens is 2. The maximum Gasteiger partial charge on any atom is 0.255 e. The number of hydrogen-bond donors (Lipinski definition) is 1. The lowest BCUT2D eigenvalue weighted by atomic mass is 10.0. The molecule has 11 heavy (non-hydrogen) atoms. The summed E-state index contributed by atoms with van der Waals surface area (Å²) in [7, 11) is 0. The molecule has 1 aliphatic heterocycles. The maximum absolute atomic E-state index is 12.7. The quantitative estimate of drug-likeness (QED) is 0.574. The lowest BCUT2D eigenvalue weighted by Crippen LogP contribution is -2.34. The van der Waals surface area contributed by atoms with Crippen molar-refractivity contribution in [1.29, 1.82) is 0 Å². The van der Waals surface area contributed by atoms with Crippen LogP contribution < -0.4 is 5.32 Å². The van der Waals surface area contributed by atoms with E-state index in [1.165, 1.54) is 0 Å². The Kier molecular flexibility index (Phi) is 2.16. The zero-order valence-corrected chi connectivity index (χ0v) is 6.88. The highest BCUT2D eigenvalue weighted by atomic mass is 19.3. The van der Waals surface area contributed by atoms with E-state index in [0.29, 0.717) is 12.2 Å². The topological polar surface area (TPSA) is 12.0 Å². The van der Waals surface area contributed by atoms with Gasteiger partial charge in [0, 0.05) is 18.7 Å². The van der Waals surface area contributed by atoms with Crippen molar-refractivity contribution in [2.45, 2.75) is 32.6 Å². The monoisotopic (exact) mass is 161 g/mol.